The lowest BCUT2D eigenvalue weighted by Crippen LogP contribution is -2.09. The van der Waals surface area contributed by atoms with E-state index < -0.39 is 27.2 Å². The quantitative estimate of drug-likeness (QED) is 0.207. The van der Waals surface area contributed by atoms with Gasteiger partial charge in [0.2, 0.25) is 5.16 Å². The highest BCUT2D eigenvalue weighted by Gasteiger charge is 2.31. The second-order valence-electron chi connectivity index (χ2n) is 6.16. The fourth-order valence-electron chi connectivity index (χ4n) is 2.55. The van der Waals surface area contributed by atoms with Crippen LogP contribution in [-0.4, -0.2) is 42.6 Å². The molecule has 0 saturated heterocycles. The Bertz CT molecular complexity index is 1080. The molecule has 0 radical (unpaired) electrons. The molecule has 3 rings (SSSR count). The number of ether oxygens (including phenoxy) is 1. The molecule has 1 aromatic heterocycles. The number of nitro groups is 2. The van der Waals surface area contributed by atoms with Gasteiger partial charge in [-0.2, -0.15) is 4.68 Å². The van der Waals surface area contributed by atoms with Gasteiger partial charge < -0.3 is 4.74 Å². The minimum atomic E-state index is -0.870. The van der Waals surface area contributed by atoms with Crippen molar-refractivity contribution in [2.75, 3.05) is 6.61 Å². The molecule has 0 N–H and O–H groups in total. The molecule has 2 aromatic carbocycles. The Labute approximate surface area is 179 Å². The highest BCUT2D eigenvalue weighted by atomic mass is 32.2. The molecule has 0 aliphatic rings. The zero-order chi connectivity index (χ0) is 22.4. The first-order valence-corrected chi connectivity index (χ1v) is 9.89. The van der Waals surface area contributed by atoms with E-state index in [-0.39, 0.29) is 22.2 Å². The average Bonchev–Trinajstić information content (AvgIpc) is 3.22. The maximum Gasteiger partial charge on any atom is 0.338 e. The largest absolute Gasteiger partial charge is 0.462 e. The number of nitrogens with zero attached hydrogens (tertiary/aromatic N) is 6. The topological polar surface area (TPSA) is 156 Å². The third-order valence-corrected chi connectivity index (χ3v) is 5.10. The minimum absolute atomic E-state index is 0.0793. The van der Waals surface area contributed by atoms with Crippen LogP contribution in [0, 0.1) is 20.2 Å². The Morgan fingerprint density at radius 3 is 2.35 bits per heavy atom. The summed E-state index contributed by atoms with van der Waals surface area (Å²) in [6.07, 6.45) is 1.38. The number of rotatable bonds is 9. The first-order chi connectivity index (χ1) is 14.9. The van der Waals surface area contributed by atoms with E-state index in [1.165, 1.54) is 4.68 Å². The van der Waals surface area contributed by atoms with Crippen molar-refractivity contribution < 1.29 is 19.4 Å². The smallest absolute Gasteiger partial charge is 0.338 e. The van der Waals surface area contributed by atoms with Gasteiger partial charge in [0.25, 0.3) is 11.4 Å². The van der Waals surface area contributed by atoms with E-state index in [1.807, 2.05) is 6.92 Å². The van der Waals surface area contributed by atoms with Crippen LogP contribution in [-0.2, 0) is 4.74 Å². The summed E-state index contributed by atoms with van der Waals surface area (Å²) in [6.45, 7) is 2.01. The van der Waals surface area contributed by atoms with E-state index in [9.17, 15) is 25.0 Å². The van der Waals surface area contributed by atoms with Gasteiger partial charge in [-0.25, -0.2) is 4.79 Å². The van der Waals surface area contributed by atoms with Gasteiger partial charge in [0.05, 0.1) is 27.7 Å². The van der Waals surface area contributed by atoms with Crippen molar-refractivity contribution in [3.63, 3.8) is 0 Å². The normalized spacial score (nSPS) is 10.6. The Hall–Kier alpha value is -3.87. The van der Waals surface area contributed by atoms with E-state index in [0.717, 1.165) is 18.6 Å². The molecule has 0 saturated carbocycles. The maximum absolute atomic E-state index is 12.2. The van der Waals surface area contributed by atoms with Crippen molar-refractivity contribution in [2.45, 2.75) is 29.8 Å². The molecule has 0 fully saturated rings. The fraction of sp³-hybridized carbons (Fsp3) is 0.222. The summed E-state index contributed by atoms with van der Waals surface area (Å²) in [5, 5.41) is 34.7. The number of esters is 1. The number of para-hydroxylation sites is 1. The molecule has 0 bridgehead atoms. The van der Waals surface area contributed by atoms with Crippen molar-refractivity contribution in [3.05, 3.63) is 68.3 Å². The first kappa shape index (κ1) is 21.8. The van der Waals surface area contributed by atoms with Crippen molar-refractivity contribution in [1.82, 2.24) is 20.2 Å². The van der Waals surface area contributed by atoms with Crippen LogP contribution in [0.2, 0.25) is 0 Å². The summed E-state index contributed by atoms with van der Waals surface area (Å²) in [6, 6.07) is 10.6. The van der Waals surface area contributed by atoms with Crippen LogP contribution in [0.5, 0.6) is 0 Å². The number of aromatic nitrogens is 4. The van der Waals surface area contributed by atoms with Crippen molar-refractivity contribution in [3.8, 4) is 5.69 Å². The summed E-state index contributed by atoms with van der Waals surface area (Å²) in [5.41, 5.74) is -0.952. The number of tetrazole rings is 1. The first-order valence-electron chi connectivity index (χ1n) is 9.08. The van der Waals surface area contributed by atoms with Crippen LogP contribution in [0.15, 0.2) is 52.5 Å². The van der Waals surface area contributed by atoms with Crippen molar-refractivity contribution in [1.29, 1.82) is 0 Å². The second-order valence-corrected chi connectivity index (χ2v) is 7.14. The van der Waals surface area contributed by atoms with Gasteiger partial charge in [-0.15, -0.1) is 5.10 Å². The zero-order valence-corrected chi connectivity index (χ0v) is 17.0. The van der Waals surface area contributed by atoms with Crippen LogP contribution in [0.1, 0.15) is 30.1 Å². The predicted molar refractivity (Wildman–Crippen MR) is 108 cm³/mol. The van der Waals surface area contributed by atoms with E-state index in [0.29, 0.717) is 23.9 Å². The summed E-state index contributed by atoms with van der Waals surface area (Å²) in [5.74, 6) is -0.870. The maximum atomic E-state index is 12.2. The molecule has 0 spiro atoms. The molecule has 0 atom stereocenters. The molecular formula is C18H16N6O6S. The standard InChI is InChI=1S/C18H16N6O6S/c1-2-3-9-30-17(25)12-10-14(23(26)27)16(15(11-12)24(28)29)31-18-19-20-21-22(18)13-7-5-4-6-8-13/h4-8,10-11H,2-3,9H2,1H3. The van der Waals surface area contributed by atoms with Crippen LogP contribution >= 0.6 is 11.8 Å². The number of unbranched alkanes of at least 4 members (excludes halogenated alkanes) is 1. The zero-order valence-electron chi connectivity index (χ0n) is 16.2. The summed E-state index contributed by atoms with van der Waals surface area (Å²) in [4.78, 5) is 33.7. The minimum Gasteiger partial charge on any atom is -0.462 e. The van der Waals surface area contributed by atoms with Crippen LogP contribution in [0.25, 0.3) is 5.69 Å². The predicted octanol–water partition coefficient (Wildman–Crippen LogP) is 3.59. The lowest BCUT2D eigenvalue weighted by atomic mass is 10.1. The molecule has 13 heteroatoms. The number of hydrogen-bond acceptors (Lipinski definition) is 10. The third kappa shape index (κ3) is 5.01. The molecule has 0 unspecified atom stereocenters. The monoisotopic (exact) mass is 444 g/mol. The summed E-state index contributed by atoms with van der Waals surface area (Å²) in [7, 11) is 0. The Balaban J connectivity index is 2.04. The van der Waals surface area contributed by atoms with E-state index in [4.69, 9.17) is 4.74 Å². The number of benzene rings is 2. The third-order valence-electron chi connectivity index (χ3n) is 4.04. The molecule has 1 heterocycles. The molecule has 0 aliphatic carbocycles. The fourth-order valence-corrected chi connectivity index (χ4v) is 3.51. The average molecular weight is 444 g/mol. The Kier molecular flexibility index (Phi) is 6.87. The van der Waals surface area contributed by atoms with E-state index >= 15 is 0 Å². The van der Waals surface area contributed by atoms with Crippen LogP contribution in [0.4, 0.5) is 11.4 Å². The molecule has 0 amide bonds. The highest BCUT2D eigenvalue weighted by molar-refractivity contribution is 7.99. The second kappa shape index (κ2) is 9.75. The molecule has 3 aromatic rings. The number of carbonyl (C=O) groups is 1. The number of hydrogen-bond donors (Lipinski definition) is 0. The van der Waals surface area contributed by atoms with Crippen LogP contribution in [0.3, 0.4) is 0 Å². The molecular weight excluding hydrogens is 428 g/mol. The van der Waals surface area contributed by atoms with Gasteiger partial charge in [-0.3, -0.25) is 20.2 Å². The van der Waals surface area contributed by atoms with Gasteiger partial charge in [0.15, 0.2) is 4.90 Å². The summed E-state index contributed by atoms with van der Waals surface area (Å²) >= 11 is 0.659. The van der Waals surface area contributed by atoms with Crippen molar-refractivity contribution in [2.24, 2.45) is 0 Å². The van der Waals surface area contributed by atoms with Gasteiger partial charge in [0, 0.05) is 12.1 Å². The summed E-state index contributed by atoms with van der Waals surface area (Å²) < 4.78 is 6.33. The van der Waals surface area contributed by atoms with Crippen molar-refractivity contribution >= 4 is 29.1 Å². The molecule has 12 nitrogen and oxygen atoms in total. The molecule has 0 aliphatic heterocycles. The highest BCUT2D eigenvalue weighted by Crippen LogP contribution is 2.42. The SMILES string of the molecule is CCCCOC(=O)c1cc([N+](=O)[O-])c(Sc2nnnn2-c2ccccc2)c([N+](=O)[O-])c1. The molecule has 160 valence electrons. The van der Waals surface area contributed by atoms with E-state index in [1.54, 1.807) is 30.3 Å². The number of carbonyl (C=O) groups excluding carboxylic acids is 1. The Morgan fingerprint density at radius 1 is 1.13 bits per heavy atom. The van der Waals surface area contributed by atoms with Gasteiger partial charge >= 0.3 is 5.97 Å². The van der Waals surface area contributed by atoms with E-state index in [2.05, 4.69) is 15.5 Å². The lowest BCUT2D eigenvalue weighted by Gasteiger charge is -2.08. The lowest BCUT2D eigenvalue weighted by molar-refractivity contribution is -0.399. The van der Waals surface area contributed by atoms with Gasteiger partial charge in [-0.05, 0) is 40.7 Å². The Morgan fingerprint density at radius 2 is 1.77 bits per heavy atom. The van der Waals surface area contributed by atoms with Crippen LogP contribution < -0.4 is 0 Å². The number of nitro benzene ring substituents is 2. The van der Waals surface area contributed by atoms with Gasteiger partial charge in [0.1, 0.15) is 0 Å². The molecule has 31 heavy (non-hydrogen) atoms. The van der Waals surface area contributed by atoms with Gasteiger partial charge in [-0.1, -0.05) is 31.5 Å².